The Labute approximate surface area is 187 Å². The average Bonchev–Trinajstić information content (AvgIpc) is 2.83. The number of carbonyl (C=O) groups is 3. The zero-order valence-corrected chi connectivity index (χ0v) is 17.9. The fourth-order valence-corrected chi connectivity index (χ4v) is 3.19. The van der Waals surface area contributed by atoms with Gasteiger partial charge in [-0.1, -0.05) is 72.8 Å². The van der Waals surface area contributed by atoms with Crippen molar-refractivity contribution >= 4 is 23.5 Å². The standard InChI is InChI=1S/C26H26N2O4/c1-19(21-12-6-3-7-13-21)27-26(31)22-14-8-9-15-23(22)28-24(29)18-32-25(30)17-16-20-10-4-2-5-11-20/h2-15,19H,16-18H2,1H3,(H,27,31)(H,28,29). The van der Waals surface area contributed by atoms with E-state index in [-0.39, 0.29) is 18.4 Å². The third kappa shape index (κ3) is 6.80. The van der Waals surface area contributed by atoms with Crippen LogP contribution in [0.1, 0.15) is 40.9 Å². The molecule has 2 amide bonds. The minimum atomic E-state index is -0.505. The topological polar surface area (TPSA) is 84.5 Å². The van der Waals surface area contributed by atoms with Crippen LogP contribution in [0.4, 0.5) is 5.69 Å². The van der Waals surface area contributed by atoms with Crippen molar-refractivity contribution in [3.8, 4) is 0 Å². The largest absolute Gasteiger partial charge is 0.456 e. The van der Waals surface area contributed by atoms with Crippen molar-refractivity contribution in [2.45, 2.75) is 25.8 Å². The van der Waals surface area contributed by atoms with Crippen molar-refractivity contribution < 1.29 is 19.1 Å². The van der Waals surface area contributed by atoms with Crippen LogP contribution < -0.4 is 10.6 Å². The van der Waals surface area contributed by atoms with Crippen molar-refractivity contribution in [3.05, 3.63) is 102 Å². The summed E-state index contributed by atoms with van der Waals surface area (Å²) < 4.78 is 5.07. The molecule has 0 fully saturated rings. The van der Waals surface area contributed by atoms with Gasteiger partial charge in [-0.15, -0.1) is 0 Å². The molecule has 6 nitrogen and oxygen atoms in total. The van der Waals surface area contributed by atoms with E-state index >= 15 is 0 Å². The quantitative estimate of drug-likeness (QED) is 0.496. The van der Waals surface area contributed by atoms with Gasteiger partial charge in [0, 0.05) is 6.42 Å². The second-order valence-corrected chi connectivity index (χ2v) is 7.35. The number of esters is 1. The van der Waals surface area contributed by atoms with Crippen LogP contribution in [0.3, 0.4) is 0 Å². The lowest BCUT2D eigenvalue weighted by molar-refractivity contribution is -0.147. The van der Waals surface area contributed by atoms with Gasteiger partial charge in [-0.05, 0) is 36.6 Å². The minimum Gasteiger partial charge on any atom is -0.456 e. The zero-order valence-electron chi connectivity index (χ0n) is 17.9. The Morgan fingerprint density at radius 3 is 2.19 bits per heavy atom. The molecule has 0 saturated heterocycles. The number of para-hydroxylation sites is 1. The van der Waals surface area contributed by atoms with Gasteiger partial charge in [-0.2, -0.15) is 0 Å². The predicted octanol–water partition coefficient (Wildman–Crippen LogP) is 4.29. The highest BCUT2D eigenvalue weighted by Crippen LogP contribution is 2.18. The molecule has 6 heteroatoms. The van der Waals surface area contributed by atoms with Crippen LogP contribution in [0.5, 0.6) is 0 Å². The first-order valence-electron chi connectivity index (χ1n) is 10.5. The first-order chi connectivity index (χ1) is 15.5. The Kier molecular flexibility index (Phi) is 8.15. The van der Waals surface area contributed by atoms with Gasteiger partial charge in [0.1, 0.15) is 0 Å². The maximum absolute atomic E-state index is 12.8. The molecule has 0 bridgehead atoms. The number of ether oxygens (including phenoxy) is 1. The van der Waals surface area contributed by atoms with Crippen molar-refractivity contribution in [2.75, 3.05) is 11.9 Å². The maximum Gasteiger partial charge on any atom is 0.306 e. The fourth-order valence-electron chi connectivity index (χ4n) is 3.19. The van der Waals surface area contributed by atoms with Gasteiger partial charge in [0.15, 0.2) is 6.61 Å². The van der Waals surface area contributed by atoms with E-state index < -0.39 is 18.5 Å². The Hall–Kier alpha value is -3.93. The summed E-state index contributed by atoms with van der Waals surface area (Å²) in [6, 6.07) is 25.7. The number of nitrogens with one attached hydrogen (secondary N) is 2. The average molecular weight is 431 g/mol. The Balaban J connectivity index is 1.52. The van der Waals surface area contributed by atoms with Crippen LogP contribution in [-0.4, -0.2) is 24.4 Å². The number of benzene rings is 3. The summed E-state index contributed by atoms with van der Waals surface area (Å²) in [5, 5.41) is 5.59. The molecule has 0 aliphatic carbocycles. The number of carbonyl (C=O) groups excluding carboxylic acids is 3. The summed E-state index contributed by atoms with van der Waals surface area (Å²) in [6.45, 7) is 1.48. The third-order valence-electron chi connectivity index (χ3n) is 4.92. The lowest BCUT2D eigenvalue weighted by atomic mass is 10.1. The van der Waals surface area contributed by atoms with Gasteiger partial charge in [0.2, 0.25) is 0 Å². The Morgan fingerprint density at radius 1 is 0.844 bits per heavy atom. The molecule has 3 aromatic carbocycles. The number of rotatable bonds is 9. The van der Waals surface area contributed by atoms with E-state index in [1.54, 1.807) is 24.3 Å². The molecular formula is C26H26N2O4. The number of anilines is 1. The molecule has 3 rings (SSSR count). The van der Waals surface area contributed by atoms with E-state index in [1.165, 1.54) is 0 Å². The molecule has 0 aromatic heterocycles. The molecule has 0 spiro atoms. The third-order valence-corrected chi connectivity index (χ3v) is 4.92. The van der Waals surface area contributed by atoms with Crippen molar-refractivity contribution in [3.63, 3.8) is 0 Å². The van der Waals surface area contributed by atoms with Crippen LogP contribution in [0.2, 0.25) is 0 Å². The summed E-state index contributed by atoms with van der Waals surface area (Å²) in [4.78, 5) is 37.0. The summed E-state index contributed by atoms with van der Waals surface area (Å²) in [5.74, 6) is -1.27. The van der Waals surface area contributed by atoms with Gasteiger partial charge in [0.25, 0.3) is 11.8 Å². The molecular weight excluding hydrogens is 404 g/mol. The number of hydrogen-bond acceptors (Lipinski definition) is 4. The number of amides is 2. The van der Waals surface area contributed by atoms with E-state index in [2.05, 4.69) is 10.6 Å². The van der Waals surface area contributed by atoms with E-state index in [0.29, 0.717) is 17.7 Å². The molecule has 0 saturated carbocycles. The van der Waals surface area contributed by atoms with E-state index in [9.17, 15) is 14.4 Å². The Morgan fingerprint density at radius 2 is 1.47 bits per heavy atom. The molecule has 0 aliphatic heterocycles. The smallest absolute Gasteiger partial charge is 0.306 e. The highest BCUT2D eigenvalue weighted by molar-refractivity contribution is 6.04. The SMILES string of the molecule is CC(NC(=O)c1ccccc1NC(=O)COC(=O)CCc1ccccc1)c1ccccc1. The molecule has 1 unspecified atom stereocenters. The second kappa shape index (κ2) is 11.5. The van der Waals surface area contributed by atoms with Gasteiger partial charge in [-0.25, -0.2) is 0 Å². The van der Waals surface area contributed by atoms with E-state index in [4.69, 9.17) is 4.74 Å². The van der Waals surface area contributed by atoms with Crippen molar-refractivity contribution in [1.82, 2.24) is 5.32 Å². The zero-order chi connectivity index (χ0) is 22.8. The lowest BCUT2D eigenvalue weighted by Crippen LogP contribution is -2.28. The van der Waals surface area contributed by atoms with Crippen LogP contribution in [-0.2, 0) is 20.7 Å². The molecule has 164 valence electrons. The second-order valence-electron chi connectivity index (χ2n) is 7.35. The van der Waals surface area contributed by atoms with Crippen LogP contribution in [0.25, 0.3) is 0 Å². The first kappa shape index (κ1) is 22.7. The first-order valence-corrected chi connectivity index (χ1v) is 10.5. The van der Waals surface area contributed by atoms with Gasteiger partial charge < -0.3 is 15.4 Å². The highest BCUT2D eigenvalue weighted by atomic mass is 16.5. The van der Waals surface area contributed by atoms with Gasteiger partial charge >= 0.3 is 5.97 Å². The maximum atomic E-state index is 12.8. The molecule has 3 aromatic rings. The minimum absolute atomic E-state index is 0.188. The van der Waals surface area contributed by atoms with Gasteiger partial charge in [0.05, 0.1) is 17.3 Å². The van der Waals surface area contributed by atoms with Crippen LogP contribution in [0.15, 0.2) is 84.9 Å². The Bertz CT molecular complexity index is 1050. The molecule has 2 N–H and O–H groups in total. The summed E-state index contributed by atoms with van der Waals surface area (Å²) in [5.41, 5.74) is 2.69. The van der Waals surface area contributed by atoms with Crippen LogP contribution >= 0.6 is 0 Å². The highest BCUT2D eigenvalue weighted by Gasteiger charge is 2.16. The van der Waals surface area contributed by atoms with Crippen LogP contribution in [0, 0.1) is 0 Å². The summed E-state index contributed by atoms with van der Waals surface area (Å²) in [6.07, 6.45) is 0.734. The monoisotopic (exact) mass is 430 g/mol. The molecule has 1 atom stereocenters. The number of hydrogen-bond donors (Lipinski definition) is 2. The van der Waals surface area contributed by atoms with Gasteiger partial charge in [-0.3, -0.25) is 14.4 Å². The summed E-state index contributed by atoms with van der Waals surface area (Å²) >= 11 is 0. The molecule has 0 aliphatic rings. The normalized spacial score (nSPS) is 11.3. The van der Waals surface area contributed by atoms with E-state index in [1.807, 2.05) is 67.6 Å². The lowest BCUT2D eigenvalue weighted by Gasteiger charge is -2.16. The van der Waals surface area contributed by atoms with Crippen molar-refractivity contribution in [2.24, 2.45) is 0 Å². The molecule has 0 radical (unpaired) electrons. The van der Waals surface area contributed by atoms with E-state index in [0.717, 1.165) is 11.1 Å². The predicted molar refractivity (Wildman–Crippen MR) is 123 cm³/mol. The molecule has 0 heterocycles. The van der Waals surface area contributed by atoms with Crippen molar-refractivity contribution in [1.29, 1.82) is 0 Å². The fraction of sp³-hybridized carbons (Fsp3) is 0.192. The molecule has 32 heavy (non-hydrogen) atoms. The number of aryl methyl sites for hydroxylation is 1. The summed E-state index contributed by atoms with van der Waals surface area (Å²) in [7, 11) is 0.